The van der Waals surface area contributed by atoms with Crippen molar-refractivity contribution in [1.29, 1.82) is 0 Å². The molecular weight excluding hydrogens is 358 g/mol. The van der Waals surface area contributed by atoms with Crippen molar-refractivity contribution in [1.82, 2.24) is 0 Å². The third kappa shape index (κ3) is 3.83. The number of anilines is 1. The standard InChI is InChI=1S/C22H23NO3S/c1-17-9-7-8-12-22(17)18(2)23(19-10-5-4-6-11-19)27(24,25)21-15-13-20(26-3)14-16-21/h4-16,18H,1-3H3. The predicted octanol–water partition coefficient (Wildman–Crippen LogP) is 4.96. The SMILES string of the molecule is COc1ccc(S(=O)(=O)N(c2ccccc2)C(C)c2ccccc2C)cc1. The van der Waals surface area contributed by atoms with Gasteiger partial charge in [0, 0.05) is 0 Å². The number of hydrogen-bond acceptors (Lipinski definition) is 3. The van der Waals surface area contributed by atoms with Gasteiger partial charge >= 0.3 is 0 Å². The summed E-state index contributed by atoms with van der Waals surface area (Å²) in [6, 6.07) is 23.2. The number of sulfonamides is 1. The van der Waals surface area contributed by atoms with E-state index in [0.29, 0.717) is 11.4 Å². The summed E-state index contributed by atoms with van der Waals surface area (Å²) in [4.78, 5) is 0.229. The van der Waals surface area contributed by atoms with Crippen LogP contribution in [-0.2, 0) is 10.0 Å². The quantitative estimate of drug-likeness (QED) is 0.606. The van der Waals surface area contributed by atoms with Crippen LogP contribution < -0.4 is 9.04 Å². The Morgan fingerprint density at radius 2 is 1.44 bits per heavy atom. The fourth-order valence-electron chi connectivity index (χ4n) is 3.19. The molecule has 4 nitrogen and oxygen atoms in total. The second-order valence-corrected chi connectivity index (χ2v) is 8.16. The van der Waals surface area contributed by atoms with Crippen molar-refractivity contribution in [2.45, 2.75) is 24.8 Å². The van der Waals surface area contributed by atoms with Gasteiger partial charge in [0.15, 0.2) is 0 Å². The van der Waals surface area contributed by atoms with Crippen LogP contribution in [0.3, 0.4) is 0 Å². The Hall–Kier alpha value is -2.79. The summed E-state index contributed by atoms with van der Waals surface area (Å²) in [5.41, 5.74) is 2.65. The molecule has 0 fully saturated rings. The lowest BCUT2D eigenvalue weighted by atomic mass is 10.0. The second kappa shape index (κ2) is 7.84. The Balaban J connectivity index is 2.13. The fraction of sp³-hybridized carbons (Fsp3) is 0.182. The highest BCUT2D eigenvalue weighted by molar-refractivity contribution is 7.92. The number of methoxy groups -OCH3 is 1. The summed E-state index contributed by atoms with van der Waals surface area (Å²) in [6.07, 6.45) is 0. The van der Waals surface area contributed by atoms with E-state index in [4.69, 9.17) is 4.74 Å². The molecule has 0 saturated carbocycles. The van der Waals surface area contributed by atoms with E-state index in [1.807, 2.05) is 68.4 Å². The van der Waals surface area contributed by atoms with Gasteiger partial charge in [-0.2, -0.15) is 0 Å². The predicted molar refractivity (Wildman–Crippen MR) is 109 cm³/mol. The van der Waals surface area contributed by atoms with Crippen molar-refractivity contribution < 1.29 is 13.2 Å². The minimum absolute atomic E-state index is 0.229. The molecule has 0 N–H and O–H groups in total. The molecule has 27 heavy (non-hydrogen) atoms. The number of hydrogen-bond donors (Lipinski definition) is 0. The van der Waals surface area contributed by atoms with Crippen LogP contribution in [0, 0.1) is 6.92 Å². The fourth-order valence-corrected chi connectivity index (χ4v) is 4.82. The van der Waals surface area contributed by atoms with Crippen LogP contribution >= 0.6 is 0 Å². The van der Waals surface area contributed by atoms with Gasteiger partial charge in [0.05, 0.1) is 23.7 Å². The zero-order valence-corrected chi connectivity index (χ0v) is 16.5. The third-order valence-corrected chi connectivity index (χ3v) is 6.53. The van der Waals surface area contributed by atoms with Gasteiger partial charge in [0.2, 0.25) is 0 Å². The minimum atomic E-state index is -3.77. The van der Waals surface area contributed by atoms with Gasteiger partial charge in [-0.25, -0.2) is 8.42 Å². The van der Waals surface area contributed by atoms with E-state index in [1.54, 1.807) is 31.4 Å². The van der Waals surface area contributed by atoms with Crippen LogP contribution in [0.5, 0.6) is 5.75 Å². The average molecular weight is 381 g/mol. The zero-order chi connectivity index (χ0) is 19.4. The van der Waals surface area contributed by atoms with Gasteiger partial charge in [-0.3, -0.25) is 4.31 Å². The Kier molecular flexibility index (Phi) is 5.51. The molecule has 0 spiro atoms. The summed E-state index contributed by atoms with van der Waals surface area (Å²) in [5.74, 6) is 0.618. The van der Waals surface area contributed by atoms with Gasteiger partial charge in [-0.05, 0) is 61.4 Å². The van der Waals surface area contributed by atoms with E-state index in [2.05, 4.69) is 0 Å². The van der Waals surface area contributed by atoms with E-state index in [0.717, 1.165) is 11.1 Å². The maximum atomic E-state index is 13.5. The van der Waals surface area contributed by atoms with Crippen LogP contribution in [-0.4, -0.2) is 15.5 Å². The molecule has 3 aromatic carbocycles. The van der Waals surface area contributed by atoms with Crippen molar-refractivity contribution in [3.63, 3.8) is 0 Å². The largest absolute Gasteiger partial charge is 0.497 e. The van der Waals surface area contributed by atoms with Gasteiger partial charge in [0.25, 0.3) is 10.0 Å². The van der Waals surface area contributed by atoms with Crippen molar-refractivity contribution in [3.8, 4) is 5.75 Å². The van der Waals surface area contributed by atoms with E-state index in [9.17, 15) is 8.42 Å². The molecule has 3 rings (SSSR count). The van der Waals surface area contributed by atoms with Crippen molar-refractivity contribution in [2.75, 3.05) is 11.4 Å². The van der Waals surface area contributed by atoms with Crippen molar-refractivity contribution >= 4 is 15.7 Å². The number of nitrogens with zero attached hydrogens (tertiary/aromatic N) is 1. The first kappa shape index (κ1) is 19.0. The number of rotatable bonds is 6. The molecule has 1 atom stereocenters. The monoisotopic (exact) mass is 381 g/mol. The number of para-hydroxylation sites is 1. The number of benzene rings is 3. The molecule has 0 heterocycles. The molecule has 140 valence electrons. The summed E-state index contributed by atoms with van der Waals surface area (Å²) in [6.45, 7) is 3.91. The van der Waals surface area contributed by atoms with Crippen LogP contribution in [0.15, 0.2) is 83.8 Å². The first-order chi connectivity index (χ1) is 12.9. The van der Waals surface area contributed by atoms with Crippen LogP contribution in [0.25, 0.3) is 0 Å². The molecule has 1 unspecified atom stereocenters. The Morgan fingerprint density at radius 1 is 0.852 bits per heavy atom. The molecule has 0 saturated heterocycles. The topological polar surface area (TPSA) is 46.6 Å². The van der Waals surface area contributed by atoms with Crippen LogP contribution in [0.2, 0.25) is 0 Å². The van der Waals surface area contributed by atoms with Crippen LogP contribution in [0.4, 0.5) is 5.69 Å². The maximum Gasteiger partial charge on any atom is 0.264 e. The molecule has 0 aliphatic rings. The third-order valence-electron chi connectivity index (χ3n) is 4.62. The second-order valence-electron chi connectivity index (χ2n) is 6.34. The summed E-state index contributed by atoms with van der Waals surface area (Å²) in [5, 5.41) is 0. The van der Waals surface area contributed by atoms with E-state index in [-0.39, 0.29) is 10.9 Å². The summed E-state index contributed by atoms with van der Waals surface area (Å²) >= 11 is 0. The smallest absolute Gasteiger partial charge is 0.264 e. The van der Waals surface area contributed by atoms with E-state index >= 15 is 0 Å². The normalized spacial score (nSPS) is 12.4. The summed E-state index contributed by atoms with van der Waals surface area (Å²) < 4.78 is 33.7. The highest BCUT2D eigenvalue weighted by atomic mass is 32.2. The molecule has 0 radical (unpaired) electrons. The molecule has 0 aliphatic heterocycles. The first-order valence-electron chi connectivity index (χ1n) is 8.74. The van der Waals surface area contributed by atoms with E-state index in [1.165, 1.54) is 4.31 Å². The van der Waals surface area contributed by atoms with Crippen LogP contribution in [0.1, 0.15) is 24.1 Å². The van der Waals surface area contributed by atoms with Gasteiger partial charge in [-0.1, -0.05) is 42.5 Å². The Labute approximate surface area is 161 Å². The molecule has 3 aromatic rings. The number of aryl methyl sites for hydroxylation is 1. The maximum absolute atomic E-state index is 13.5. The molecular formula is C22H23NO3S. The van der Waals surface area contributed by atoms with Gasteiger partial charge < -0.3 is 4.74 Å². The summed E-state index contributed by atoms with van der Waals surface area (Å²) in [7, 11) is -2.21. The lowest BCUT2D eigenvalue weighted by Crippen LogP contribution is -2.34. The molecule has 5 heteroatoms. The van der Waals surface area contributed by atoms with Gasteiger partial charge in [0.1, 0.15) is 5.75 Å². The minimum Gasteiger partial charge on any atom is -0.497 e. The van der Waals surface area contributed by atoms with Crippen molar-refractivity contribution in [2.24, 2.45) is 0 Å². The molecule has 0 bridgehead atoms. The van der Waals surface area contributed by atoms with E-state index < -0.39 is 10.0 Å². The highest BCUT2D eigenvalue weighted by Crippen LogP contribution is 2.34. The highest BCUT2D eigenvalue weighted by Gasteiger charge is 2.30. The average Bonchev–Trinajstić information content (AvgIpc) is 2.69. The first-order valence-corrected chi connectivity index (χ1v) is 10.2. The van der Waals surface area contributed by atoms with Crippen molar-refractivity contribution in [3.05, 3.63) is 90.0 Å². The molecule has 0 aromatic heterocycles. The molecule has 0 aliphatic carbocycles. The zero-order valence-electron chi connectivity index (χ0n) is 15.7. The Morgan fingerprint density at radius 3 is 2.04 bits per heavy atom. The lowest BCUT2D eigenvalue weighted by molar-refractivity contribution is 0.414. The Bertz CT molecular complexity index is 999. The lowest BCUT2D eigenvalue weighted by Gasteiger charge is -2.31. The van der Waals surface area contributed by atoms with Gasteiger partial charge in [-0.15, -0.1) is 0 Å². The molecule has 0 amide bonds. The number of ether oxygens (including phenoxy) is 1.